The second-order valence-corrected chi connectivity index (χ2v) is 3.51. The van der Waals surface area contributed by atoms with Gasteiger partial charge in [-0.15, -0.1) is 0 Å². The third-order valence-corrected chi connectivity index (χ3v) is 2.66. The van der Waals surface area contributed by atoms with Gasteiger partial charge < -0.3 is 0 Å². The van der Waals surface area contributed by atoms with Crippen LogP contribution in [0.1, 0.15) is 40.0 Å². The van der Waals surface area contributed by atoms with Gasteiger partial charge in [0.25, 0.3) is 0 Å². The highest BCUT2D eigenvalue weighted by Crippen LogP contribution is 2.37. The second-order valence-electron chi connectivity index (χ2n) is 3.51. The summed E-state index contributed by atoms with van der Waals surface area (Å²) in [5.41, 5.74) is 1.70. The first kappa shape index (κ1) is 7.84. The normalized spacial score (nSPS) is 37.3. The summed E-state index contributed by atoms with van der Waals surface area (Å²) in [5, 5.41) is 0. The average molecular weight is 138 g/mol. The van der Waals surface area contributed by atoms with Gasteiger partial charge in [0.2, 0.25) is 0 Å². The van der Waals surface area contributed by atoms with Crippen LogP contribution in [0.15, 0.2) is 11.6 Å². The second kappa shape index (κ2) is 3.23. The van der Waals surface area contributed by atoms with Crippen molar-refractivity contribution in [2.45, 2.75) is 40.0 Å². The van der Waals surface area contributed by atoms with Crippen LogP contribution in [0.25, 0.3) is 0 Å². The van der Waals surface area contributed by atoms with Crippen molar-refractivity contribution in [3.05, 3.63) is 11.6 Å². The molecule has 1 fully saturated rings. The molecule has 58 valence electrons. The van der Waals surface area contributed by atoms with Crippen LogP contribution in [0.4, 0.5) is 0 Å². The van der Waals surface area contributed by atoms with Crippen LogP contribution >= 0.6 is 0 Å². The fourth-order valence-electron chi connectivity index (χ4n) is 2.07. The number of hydrogen-bond donors (Lipinski definition) is 0. The van der Waals surface area contributed by atoms with Gasteiger partial charge in [0.15, 0.2) is 0 Å². The van der Waals surface area contributed by atoms with Gasteiger partial charge in [0.05, 0.1) is 0 Å². The quantitative estimate of drug-likeness (QED) is 0.487. The van der Waals surface area contributed by atoms with Crippen LogP contribution in [-0.2, 0) is 0 Å². The molecule has 1 rings (SSSR count). The van der Waals surface area contributed by atoms with Gasteiger partial charge in [-0.05, 0) is 38.0 Å². The van der Waals surface area contributed by atoms with E-state index in [0.29, 0.717) is 0 Å². The van der Waals surface area contributed by atoms with E-state index in [2.05, 4.69) is 26.8 Å². The fraction of sp³-hybridized carbons (Fsp3) is 0.800. The lowest BCUT2D eigenvalue weighted by molar-refractivity contribution is 0.525. The SMILES string of the molecule is C/C=C1\CC(C)CC1CC. The Hall–Kier alpha value is -0.260. The Morgan fingerprint density at radius 1 is 1.60 bits per heavy atom. The molecule has 0 bridgehead atoms. The molecule has 0 aliphatic heterocycles. The zero-order chi connectivity index (χ0) is 7.56. The fourth-order valence-corrected chi connectivity index (χ4v) is 2.07. The van der Waals surface area contributed by atoms with E-state index >= 15 is 0 Å². The highest BCUT2D eigenvalue weighted by Gasteiger charge is 2.23. The average Bonchev–Trinajstić information content (AvgIpc) is 2.30. The molecule has 0 amide bonds. The van der Waals surface area contributed by atoms with Crippen molar-refractivity contribution >= 4 is 0 Å². The summed E-state index contributed by atoms with van der Waals surface area (Å²) in [6.07, 6.45) is 6.44. The van der Waals surface area contributed by atoms with Crippen LogP contribution in [0.5, 0.6) is 0 Å². The predicted molar refractivity (Wildman–Crippen MR) is 45.9 cm³/mol. The smallest absolute Gasteiger partial charge is 0.0203 e. The lowest BCUT2D eigenvalue weighted by Crippen LogP contribution is -1.93. The summed E-state index contributed by atoms with van der Waals surface area (Å²) in [4.78, 5) is 0. The lowest BCUT2D eigenvalue weighted by Gasteiger charge is -2.06. The van der Waals surface area contributed by atoms with Crippen LogP contribution in [0, 0.1) is 11.8 Å². The van der Waals surface area contributed by atoms with E-state index in [-0.39, 0.29) is 0 Å². The van der Waals surface area contributed by atoms with E-state index in [9.17, 15) is 0 Å². The summed E-state index contributed by atoms with van der Waals surface area (Å²) >= 11 is 0. The predicted octanol–water partition coefficient (Wildman–Crippen LogP) is 3.39. The van der Waals surface area contributed by atoms with Crippen LogP contribution in [0.3, 0.4) is 0 Å². The summed E-state index contributed by atoms with van der Waals surface area (Å²) < 4.78 is 0. The topological polar surface area (TPSA) is 0 Å². The Bertz CT molecular complexity index is 133. The van der Waals surface area contributed by atoms with E-state index in [1.54, 1.807) is 5.57 Å². The third kappa shape index (κ3) is 1.42. The maximum Gasteiger partial charge on any atom is -0.0203 e. The number of allylic oxidation sites excluding steroid dienone is 2. The molecule has 0 aromatic heterocycles. The Morgan fingerprint density at radius 3 is 2.70 bits per heavy atom. The molecule has 0 heteroatoms. The van der Waals surface area contributed by atoms with E-state index in [4.69, 9.17) is 0 Å². The molecule has 0 aromatic rings. The highest BCUT2D eigenvalue weighted by atomic mass is 14.3. The molecular weight excluding hydrogens is 120 g/mol. The van der Waals surface area contributed by atoms with Gasteiger partial charge >= 0.3 is 0 Å². The van der Waals surface area contributed by atoms with Crippen molar-refractivity contribution in [2.24, 2.45) is 11.8 Å². The summed E-state index contributed by atoms with van der Waals surface area (Å²) in [5.74, 6) is 1.86. The van der Waals surface area contributed by atoms with Gasteiger partial charge in [0.1, 0.15) is 0 Å². The van der Waals surface area contributed by atoms with Crippen LogP contribution in [0.2, 0.25) is 0 Å². The van der Waals surface area contributed by atoms with E-state index < -0.39 is 0 Å². The maximum atomic E-state index is 2.36. The first-order chi connectivity index (χ1) is 4.77. The van der Waals surface area contributed by atoms with Gasteiger partial charge in [-0.2, -0.15) is 0 Å². The van der Waals surface area contributed by atoms with Crippen molar-refractivity contribution in [1.82, 2.24) is 0 Å². The monoisotopic (exact) mass is 138 g/mol. The van der Waals surface area contributed by atoms with E-state index in [1.807, 2.05) is 0 Å². The molecule has 0 N–H and O–H groups in total. The molecule has 1 aliphatic rings. The van der Waals surface area contributed by atoms with E-state index in [0.717, 1.165) is 11.8 Å². The minimum Gasteiger partial charge on any atom is -0.0882 e. The Balaban J connectivity index is 2.58. The van der Waals surface area contributed by atoms with E-state index in [1.165, 1.54) is 19.3 Å². The largest absolute Gasteiger partial charge is 0.0882 e. The minimum atomic E-state index is 0.917. The first-order valence-corrected chi connectivity index (χ1v) is 4.43. The maximum absolute atomic E-state index is 2.36. The molecular formula is C10H18. The molecule has 2 atom stereocenters. The molecule has 10 heavy (non-hydrogen) atoms. The summed E-state index contributed by atoms with van der Waals surface area (Å²) in [6, 6.07) is 0. The minimum absolute atomic E-state index is 0.917. The van der Waals surface area contributed by atoms with Crippen molar-refractivity contribution in [3.8, 4) is 0 Å². The lowest BCUT2D eigenvalue weighted by atomic mass is 10.00. The zero-order valence-electron chi connectivity index (χ0n) is 7.35. The highest BCUT2D eigenvalue weighted by molar-refractivity contribution is 5.11. The van der Waals surface area contributed by atoms with Gasteiger partial charge in [0, 0.05) is 0 Å². The molecule has 0 heterocycles. The zero-order valence-corrected chi connectivity index (χ0v) is 7.35. The number of hydrogen-bond acceptors (Lipinski definition) is 0. The van der Waals surface area contributed by atoms with Crippen molar-refractivity contribution in [1.29, 1.82) is 0 Å². The van der Waals surface area contributed by atoms with Crippen molar-refractivity contribution < 1.29 is 0 Å². The van der Waals surface area contributed by atoms with Crippen molar-refractivity contribution in [2.75, 3.05) is 0 Å². The standard InChI is InChI=1S/C10H18/c1-4-9-6-8(3)7-10(9)5-2/h4,8,10H,5-7H2,1-3H3/b9-4+. The number of rotatable bonds is 1. The Morgan fingerprint density at radius 2 is 2.30 bits per heavy atom. The molecule has 0 radical (unpaired) electrons. The van der Waals surface area contributed by atoms with Gasteiger partial charge in [-0.3, -0.25) is 0 Å². The van der Waals surface area contributed by atoms with Crippen LogP contribution in [-0.4, -0.2) is 0 Å². The van der Waals surface area contributed by atoms with Gasteiger partial charge in [-0.25, -0.2) is 0 Å². The molecule has 0 saturated heterocycles. The first-order valence-electron chi connectivity index (χ1n) is 4.43. The molecule has 2 unspecified atom stereocenters. The molecule has 0 nitrogen and oxygen atoms in total. The molecule has 0 spiro atoms. The van der Waals surface area contributed by atoms with Crippen molar-refractivity contribution in [3.63, 3.8) is 0 Å². The third-order valence-electron chi connectivity index (χ3n) is 2.66. The summed E-state index contributed by atoms with van der Waals surface area (Å²) in [6.45, 7) is 6.83. The molecule has 1 saturated carbocycles. The van der Waals surface area contributed by atoms with Crippen LogP contribution < -0.4 is 0 Å². The molecule has 1 aliphatic carbocycles. The Labute approximate surface area is 64.3 Å². The summed E-state index contributed by atoms with van der Waals surface area (Å²) in [7, 11) is 0. The Kier molecular flexibility index (Phi) is 2.53. The molecule has 0 aromatic carbocycles. The van der Waals surface area contributed by atoms with Gasteiger partial charge in [-0.1, -0.05) is 25.5 Å².